The van der Waals surface area contributed by atoms with Gasteiger partial charge in [0.2, 0.25) is 5.91 Å². The molecule has 4 atom stereocenters. The zero-order valence-corrected chi connectivity index (χ0v) is 40.3. The third-order valence-corrected chi connectivity index (χ3v) is 16.7. The highest BCUT2D eigenvalue weighted by molar-refractivity contribution is 7.19. The maximum absolute atomic E-state index is 13.9. The van der Waals surface area contributed by atoms with Crippen LogP contribution in [-0.4, -0.2) is 93.8 Å². The molecule has 17 heteroatoms. The number of benzene rings is 2. The van der Waals surface area contributed by atoms with Gasteiger partial charge < -0.3 is 34.9 Å². The van der Waals surface area contributed by atoms with Gasteiger partial charge in [-0.15, -0.1) is 22.7 Å². The number of aromatic nitrogens is 4. The molecule has 15 nitrogen and oxygen atoms in total. The number of aliphatic carboxylic acids is 1. The number of nitrogens with zero attached hydrogens (tertiary/aromatic N) is 7. The van der Waals surface area contributed by atoms with Gasteiger partial charge >= 0.3 is 5.97 Å². The van der Waals surface area contributed by atoms with Gasteiger partial charge in [0.15, 0.2) is 0 Å². The number of ether oxygens (including phenoxy) is 3. The summed E-state index contributed by atoms with van der Waals surface area (Å²) >= 11 is 3.28. The summed E-state index contributed by atoms with van der Waals surface area (Å²) in [6, 6.07) is 8.15. The number of aryl methyl sites for hydroxylation is 2. The zero-order chi connectivity index (χ0) is 46.6. The second-order valence-corrected chi connectivity index (χ2v) is 20.6. The van der Waals surface area contributed by atoms with E-state index in [0.29, 0.717) is 51.9 Å². The van der Waals surface area contributed by atoms with E-state index in [0.717, 1.165) is 108 Å². The first kappa shape index (κ1) is 44.8. The quantitative estimate of drug-likeness (QED) is 0.118. The number of thiophene rings is 2. The summed E-state index contributed by atoms with van der Waals surface area (Å²) < 4.78 is 17.2. The Hall–Kier alpha value is -6.04. The number of anilines is 4. The Morgan fingerprint density at radius 2 is 1.22 bits per heavy atom. The molecule has 11 rings (SSSR count). The average Bonchev–Trinajstić information content (AvgIpc) is 4.15. The van der Waals surface area contributed by atoms with Gasteiger partial charge in [0.05, 0.1) is 72.5 Å². The molecule has 0 radical (unpaired) electrons. The van der Waals surface area contributed by atoms with Crippen LogP contribution in [0.1, 0.15) is 96.5 Å². The van der Waals surface area contributed by atoms with Gasteiger partial charge in [-0.25, -0.2) is 19.9 Å². The molecule has 5 aliphatic rings. The maximum Gasteiger partial charge on any atom is 0.309 e. The Balaban J connectivity index is 0.000000160. The van der Waals surface area contributed by atoms with Gasteiger partial charge in [-0.1, -0.05) is 13.8 Å². The van der Waals surface area contributed by atoms with Crippen LogP contribution in [0.15, 0.2) is 46.9 Å². The molecular formula is C50H55N9O6S2. The molecule has 1 fully saturated rings. The Labute approximate surface area is 397 Å². The number of aliphatic imine (C=N–C) groups is 2. The number of carbonyl (C=O) groups excluding carboxylic acids is 1. The minimum atomic E-state index is -0.706. The molecule has 0 spiro atoms. The van der Waals surface area contributed by atoms with Crippen LogP contribution in [-0.2, 0) is 53.1 Å². The predicted molar refractivity (Wildman–Crippen MR) is 264 cm³/mol. The summed E-state index contributed by atoms with van der Waals surface area (Å²) in [6.45, 7) is 10.9. The molecule has 4 aromatic heterocycles. The fourth-order valence-corrected chi connectivity index (χ4v) is 13.3. The van der Waals surface area contributed by atoms with E-state index in [1.54, 1.807) is 49.5 Å². The van der Waals surface area contributed by atoms with Crippen molar-refractivity contribution in [2.75, 3.05) is 37.9 Å². The molecule has 2 aliphatic carbocycles. The fourth-order valence-electron chi connectivity index (χ4n) is 10.6. The summed E-state index contributed by atoms with van der Waals surface area (Å²) in [5.74, 6) is 2.58. The molecular weight excluding hydrogens is 887 g/mol. The van der Waals surface area contributed by atoms with Crippen molar-refractivity contribution in [1.82, 2.24) is 24.8 Å². The summed E-state index contributed by atoms with van der Waals surface area (Å²) in [7, 11) is 3.34. The maximum atomic E-state index is 13.9. The van der Waals surface area contributed by atoms with Crippen molar-refractivity contribution in [2.24, 2.45) is 20.8 Å². The van der Waals surface area contributed by atoms with E-state index in [9.17, 15) is 14.7 Å². The van der Waals surface area contributed by atoms with E-state index >= 15 is 0 Å². The molecule has 348 valence electrons. The highest BCUT2D eigenvalue weighted by Crippen LogP contribution is 2.49. The molecule has 6 aromatic rings. The molecule has 0 bridgehead atoms. The van der Waals surface area contributed by atoms with Crippen LogP contribution in [0, 0.1) is 10.8 Å². The molecule has 0 unspecified atom stereocenters. The Kier molecular flexibility index (Phi) is 12.0. The highest BCUT2D eigenvalue weighted by atomic mass is 32.1. The van der Waals surface area contributed by atoms with E-state index in [2.05, 4.69) is 67.4 Å². The van der Waals surface area contributed by atoms with Gasteiger partial charge in [0.25, 0.3) is 0 Å². The van der Waals surface area contributed by atoms with Gasteiger partial charge in [-0.2, -0.15) is 0 Å². The lowest BCUT2D eigenvalue weighted by molar-refractivity contribution is -0.155. The average molecular weight is 942 g/mol. The molecule has 1 saturated heterocycles. The summed E-state index contributed by atoms with van der Waals surface area (Å²) in [4.78, 5) is 59.1. The van der Waals surface area contributed by atoms with Gasteiger partial charge in [0, 0.05) is 35.3 Å². The number of carbonyl (C=O) groups is 2. The lowest BCUT2D eigenvalue weighted by Gasteiger charge is -2.43. The zero-order valence-electron chi connectivity index (χ0n) is 38.7. The fraction of sp³-hybridized carbons (Fsp3) is 0.440. The van der Waals surface area contributed by atoms with Crippen molar-refractivity contribution < 1.29 is 28.9 Å². The van der Waals surface area contributed by atoms with Crippen LogP contribution >= 0.6 is 22.7 Å². The normalized spacial score (nSPS) is 22.4. The number of hydrogen-bond donors (Lipinski definition) is 3. The van der Waals surface area contributed by atoms with Crippen molar-refractivity contribution in [3.8, 4) is 11.5 Å². The minimum Gasteiger partial charge on any atom is -0.495 e. The number of fused-ring (bicyclic) bond motifs is 8. The second kappa shape index (κ2) is 17.9. The van der Waals surface area contributed by atoms with Gasteiger partial charge in [0.1, 0.15) is 45.5 Å². The number of carboxylic acids is 1. The Morgan fingerprint density at radius 1 is 0.746 bits per heavy atom. The first-order valence-electron chi connectivity index (χ1n) is 23.1. The summed E-state index contributed by atoms with van der Waals surface area (Å²) in [5.41, 5.74) is 7.54. The van der Waals surface area contributed by atoms with Crippen molar-refractivity contribution in [3.63, 3.8) is 0 Å². The molecule has 67 heavy (non-hydrogen) atoms. The Bertz CT molecular complexity index is 2990. The summed E-state index contributed by atoms with van der Waals surface area (Å²) in [5, 5.41) is 18.8. The van der Waals surface area contributed by atoms with Crippen molar-refractivity contribution in [3.05, 3.63) is 80.1 Å². The monoisotopic (exact) mass is 941 g/mol. The predicted octanol–water partition coefficient (Wildman–Crippen LogP) is 9.24. The number of methoxy groups -OCH3 is 2. The van der Waals surface area contributed by atoms with E-state index in [-0.39, 0.29) is 23.5 Å². The first-order valence-corrected chi connectivity index (χ1v) is 24.7. The molecule has 7 heterocycles. The van der Waals surface area contributed by atoms with Gasteiger partial charge in [-0.3, -0.25) is 19.6 Å². The molecule has 0 saturated carbocycles. The number of nitrogens with one attached hydrogen (secondary N) is 2. The lowest BCUT2D eigenvalue weighted by Crippen LogP contribution is -2.54. The number of carboxylic acid groups (broad SMARTS) is 1. The molecule has 2 aromatic carbocycles. The number of morpholine rings is 1. The number of rotatable bonds is 10. The van der Waals surface area contributed by atoms with Crippen LogP contribution in [0.3, 0.4) is 0 Å². The third-order valence-electron chi connectivity index (χ3n) is 14.4. The van der Waals surface area contributed by atoms with Crippen LogP contribution in [0.2, 0.25) is 0 Å². The smallest absolute Gasteiger partial charge is 0.309 e. The van der Waals surface area contributed by atoms with Crippen molar-refractivity contribution in [1.29, 1.82) is 0 Å². The lowest BCUT2D eigenvalue weighted by atomic mass is 9.71. The topological polar surface area (TPSA) is 186 Å². The molecule has 1 amide bonds. The van der Waals surface area contributed by atoms with E-state index in [4.69, 9.17) is 14.2 Å². The summed E-state index contributed by atoms with van der Waals surface area (Å²) in [6.07, 6.45) is 12.8. The van der Waals surface area contributed by atoms with Crippen LogP contribution in [0.25, 0.3) is 20.4 Å². The van der Waals surface area contributed by atoms with E-state index < -0.39 is 11.4 Å². The highest BCUT2D eigenvalue weighted by Gasteiger charge is 2.45. The van der Waals surface area contributed by atoms with E-state index in [1.165, 1.54) is 16.0 Å². The van der Waals surface area contributed by atoms with Crippen LogP contribution in [0.4, 0.5) is 23.0 Å². The number of amides is 1. The minimum absolute atomic E-state index is 0.0662. The molecule has 3 N–H and O–H groups in total. The van der Waals surface area contributed by atoms with Crippen LogP contribution < -0.4 is 20.1 Å². The largest absolute Gasteiger partial charge is 0.495 e. The standard InChI is InChI=1S/C28H33N5O3S.C22H22N4O3S/c1-5-28(27(34)33-13-16(2)36-17(3)14-33)7-6-20-23(10-28)37-26-24(20)25(30-15-31-26)32-21-8-18-11-29-12-19(18)9-22(21)35-4;1-3-22(21(27)28)5-4-14-17(8-22)30-20-18(14)19(24-11-25-20)26-15-6-12-9-23-10-13(12)7-16(15)29-2/h8-9,11,15-17H,5-7,10,12-14H2,1-4H3,(H,30,31,32);6-7,9,11H,3-5,8,10H2,1-2H3,(H,27,28)(H,24,25,26)/t16-,17+,28-;22-/m11/s1. The van der Waals surface area contributed by atoms with Crippen molar-refractivity contribution >= 4 is 90.4 Å². The Morgan fingerprint density at radius 3 is 1.69 bits per heavy atom. The SMILES string of the molecule is CC[C@@]1(C(=O)N2C[C@@H](C)O[C@@H](C)C2)CCc2c(sc3ncnc(Nc4cc5c(cc4OC)CN=C5)c23)C1.CC[C@@]1(C(=O)O)CCc2c(sc3ncnc(Nc4cc5c(cc4OC)CN=C5)c23)C1. The van der Waals surface area contributed by atoms with Crippen molar-refractivity contribution in [2.45, 2.75) is 104 Å². The second-order valence-electron chi connectivity index (χ2n) is 18.4. The van der Waals surface area contributed by atoms with Gasteiger partial charge in [-0.05, 0) is 123 Å². The van der Waals surface area contributed by atoms with E-state index in [1.807, 2.05) is 42.5 Å². The van der Waals surface area contributed by atoms with Crippen LogP contribution in [0.5, 0.6) is 11.5 Å². The first-order chi connectivity index (χ1) is 32.4. The number of hydrogen-bond acceptors (Lipinski definition) is 15. The third kappa shape index (κ3) is 8.07. The molecule has 3 aliphatic heterocycles.